The van der Waals surface area contributed by atoms with E-state index in [1.54, 1.807) is 6.92 Å². The van der Waals surface area contributed by atoms with Gasteiger partial charge in [-0.15, -0.1) is 0 Å². The summed E-state index contributed by atoms with van der Waals surface area (Å²) in [5.74, 6) is -2.10. The summed E-state index contributed by atoms with van der Waals surface area (Å²) < 4.78 is 9.83. The van der Waals surface area contributed by atoms with Crippen molar-refractivity contribution < 1.29 is 19.1 Å². The second kappa shape index (κ2) is 6.69. The summed E-state index contributed by atoms with van der Waals surface area (Å²) in [7, 11) is 2.65. The van der Waals surface area contributed by atoms with Crippen molar-refractivity contribution in [3.05, 3.63) is 58.9 Å². The molecule has 0 aliphatic carbocycles. The Labute approximate surface area is 136 Å². The molecule has 23 heavy (non-hydrogen) atoms. The molecule has 0 bridgehead atoms. The van der Waals surface area contributed by atoms with Crippen LogP contribution in [0.2, 0.25) is 0 Å². The minimum atomic E-state index is -0.694. The fourth-order valence-electron chi connectivity index (χ4n) is 2.92. The quantitative estimate of drug-likeness (QED) is 0.868. The highest BCUT2D eigenvalue weighted by Crippen LogP contribution is 2.41. The van der Waals surface area contributed by atoms with Gasteiger partial charge in [0.2, 0.25) is 0 Å². The van der Waals surface area contributed by atoms with E-state index in [0.717, 1.165) is 11.1 Å². The minimum Gasteiger partial charge on any atom is -0.468 e. The number of esters is 2. The topological polar surface area (TPSA) is 64.6 Å². The number of methoxy groups -OCH3 is 2. The van der Waals surface area contributed by atoms with Gasteiger partial charge in [0.25, 0.3) is 0 Å². The third kappa shape index (κ3) is 3.13. The molecule has 1 aliphatic rings. The zero-order chi connectivity index (χ0) is 17.1. The van der Waals surface area contributed by atoms with Gasteiger partial charge in [-0.25, -0.2) is 4.79 Å². The molecule has 0 saturated carbocycles. The molecule has 2 atom stereocenters. The largest absolute Gasteiger partial charge is 0.468 e. The van der Waals surface area contributed by atoms with Crippen LogP contribution in [0.25, 0.3) is 0 Å². The predicted molar refractivity (Wildman–Crippen MR) is 86.4 cm³/mol. The van der Waals surface area contributed by atoms with E-state index in [0.29, 0.717) is 17.0 Å². The lowest BCUT2D eigenvalue weighted by Gasteiger charge is -2.34. The molecule has 0 amide bonds. The predicted octanol–water partition coefficient (Wildman–Crippen LogP) is 2.43. The SMILES string of the molecule is C=C1NC(C)=C(C(=O)OC)C(c2ccc(C)cc2)C1C(=O)OC. The minimum absolute atomic E-state index is 0.416. The highest BCUT2D eigenvalue weighted by Gasteiger charge is 2.42. The lowest BCUT2D eigenvalue weighted by molar-refractivity contribution is -0.145. The van der Waals surface area contributed by atoms with Gasteiger partial charge in [-0.05, 0) is 19.4 Å². The Hall–Kier alpha value is -2.56. The van der Waals surface area contributed by atoms with Crippen LogP contribution < -0.4 is 5.32 Å². The van der Waals surface area contributed by atoms with E-state index in [1.165, 1.54) is 14.2 Å². The molecule has 5 heteroatoms. The highest BCUT2D eigenvalue weighted by atomic mass is 16.5. The van der Waals surface area contributed by atoms with E-state index < -0.39 is 23.8 Å². The van der Waals surface area contributed by atoms with E-state index in [9.17, 15) is 9.59 Å². The highest BCUT2D eigenvalue weighted by molar-refractivity contribution is 5.94. The molecule has 5 nitrogen and oxygen atoms in total. The average molecular weight is 315 g/mol. The van der Waals surface area contributed by atoms with Crippen molar-refractivity contribution in [3.8, 4) is 0 Å². The maximum atomic E-state index is 12.3. The monoisotopic (exact) mass is 315 g/mol. The fourth-order valence-corrected chi connectivity index (χ4v) is 2.92. The molecule has 1 N–H and O–H groups in total. The Balaban J connectivity index is 2.64. The maximum Gasteiger partial charge on any atom is 0.336 e. The molecule has 2 rings (SSSR count). The number of aryl methyl sites for hydroxylation is 1. The molecule has 0 spiro atoms. The van der Waals surface area contributed by atoms with Gasteiger partial charge < -0.3 is 14.8 Å². The Morgan fingerprint density at radius 1 is 1.09 bits per heavy atom. The van der Waals surface area contributed by atoms with E-state index in [-0.39, 0.29) is 0 Å². The van der Waals surface area contributed by atoms with Gasteiger partial charge in [0.1, 0.15) is 5.92 Å². The zero-order valence-corrected chi connectivity index (χ0v) is 13.8. The molecule has 0 radical (unpaired) electrons. The Morgan fingerprint density at radius 2 is 1.70 bits per heavy atom. The number of ether oxygens (including phenoxy) is 2. The summed E-state index contributed by atoms with van der Waals surface area (Å²) in [5, 5.41) is 3.00. The van der Waals surface area contributed by atoms with Crippen LogP contribution in [0.5, 0.6) is 0 Å². The Bertz CT molecular complexity index is 673. The van der Waals surface area contributed by atoms with Crippen LogP contribution in [-0.2, 0) is 19.1 Å². The third-order valence-corrected chi connectivity index (χ3v) is 4.07. The number of rotatable bonds is 3. The van der Waals surface area contributed by atoms with Crippen molar-refractivity contribution in [1.82, 2.24) is 5.32 Å². The van der Waals surface area contributed by atoms with Gasteiger partial charge in [0, 0.05) is 17.3 Å². The van der Waals surface area contributed by atoms with Crippen molar-refractivity contribution in [2.45, 2.75) is 19.8 Å². The molecular weight excluding hydrogens is 294 g/mol. The van der Waals surface area contributed by atoms with Gasteiger partial charge in [-0.1, -0.05) is 36.4 Å². The molecule has 0 aromatic heterocycles. The summed E-state index contributed by atoms with van der Waals surface area (Å²) in [4.78, 5) is 24.6. The van der Waals surface area contributed by atoms with Crippen molar-refractivity contribution in [2.24, 2.45) is 5.92 Å². The van der Waals surface area contributed by atoms with Crippen molar-refractivity contribution in [2.75, 3.05) is 14.2 Å². The Morgan fingerprint density at radius 3 is 2.22 bits per heavy atom. The number of allylic oxidation sites excluding steroid dienone is 1. The second-order valence-electron chi connectivity index (χ2n) is 5.57. The maximum absolute atomic E-state index is 12.3. The number of nitrogens with one attached hydrogen (secondary N) is 1. The smallest absolute Gasteiger partial charge is 0.336 e. The van der Waals surface area contributed by atoms with Crippen LogP contribution in [0.15, 0.2) is 47.8 Å². The molecule has 122 valence electrons. The normalized spacial score (nSPS) is 20.8. The van der Waals surface area contributed by atoms with E-state index in [2.05, 4.69) is 11.9 Å². The summed E-state index contributed by atoms with van der Waals surface area (Å²) in [6.45, 7) is 7.68. The van der Waals surface area contributed by atoms with E-state index >= 15 is 0 Å². The van der Waals surface area contributed by atoms with Crippen LogP contribution in [0, 0.1) is 12.8 Å². The van der Waals surface area contributed by atoms with Crippen LogP contribution in [0.4, 0.5) is 0 Å². The second-order valence-corrected chi connectivity index (χ2v) is 5.57. The van der Waals surface area contributed by atoms with Gasteiger partial charge in [0.15, 0.2) is 0 Å². The number of hydrogen-bond donors (Lipinski definition) is 1. The summed E-state index contributed by atoms with van der Waals surface area (Å²) in [5.41, 5.74) is 3.49. The molecule has 1 aliphatic heterocycles. The molecule has 2 unspecified atom stereocenters. The number of benzene rings is 1. The summed E-state index contributed by atoms with van der Waals surface area (Å²) >= 11 is 0. The first-order valence-corrected chi connectivity index (χ1v) is 7.30. The van der Waals surface area contributed by atoms with Crippen LogP contribution in [-0.4, -0.2) is 26.2 Å². The number of hydrogen-bond acceptors (Lipinski definition) is 5. The van der Waals surface area contributed by atoms with Crippen molar-refractivity contribution in [3.63, 3.8) is 0 Å². The molecule has 1 aromatic rings. The van der Waals surface area contributed by atoms with Crippen LogP contribution >= 0.6 is 0 Å². The van der Waals surface area contributed by atoms with Crippen LogP contribution in [0.3, 0.4) is 0 Å². The molecule has 0 fully saturated rings. The standard InChI is InChI=1S/C18H21NO4/c1-10-6-8-13(9-7-10)16-14(17(20)22-4)11(2)19-12(3)15(16)18(21)23-5/h6-9,14,16,19H,2H2,1,3-5H3. The molecule has 1 heterocycles. The average Bonchev–Trinajstić information content (AvgIpc) is 2.53. The third-order valence-electron chi connectivity index (χ3n) is 4.07. The van der Waals surface area contributed by atoms with E-state index in [4.69, 9.17) is 9.47 Å². The van der Waals surface area contributed by atoms with Crippen molar-refractivity contribution >= 4 is 11.9 Å². The number of carbonyl (C=O) groups is 2. The van der Waals surface area contributed by atoms with E-state index in [1.807, 2.05) is 31.2 Å². The number of carbonyl (C=O) groups excluding carboxylic acids is 2. The lowest BCUT2D eigenvalue weighted by atomic mass is 9.75. The van der Waals surface area contributed by atoms with Crippen molar-refractivity contribution in [1.29, 1.82) is 0 Å². The van der Waals surface area contributed by atoms with Crippen LogP contribution in [0.1, 0.15) is 24.0 Å². The first kappa shape index (κ1) is 16.8. The molecule has 0 saturated heterocycles. The van der Waals surface area contributed by atoms with Gasteiger partial charge >= 0.3 is 11.9 Å². The van der Waals surface area contributed by atoms with Gasteiger partial charge in [0.05, 0.1) is 19.8 Å². The molecule has 1 aromatic carbocycles. The van der Waals surface area contributed by atoms with Gasteiger partial charge in [-0.3, -0.25) is 4.79 Å². The summed E-state index contributed by atoms with van der Waals surface area (Å²) in [6, 6.07) is 7.70. The fraction of sp³-hybridized carbons (Fsp3) is 0.333. The lowest BCUT2D eigenvalue weighted by Crippen LogP contribution is -2.39. The molecular formula is C18H21NO4. The zero-order valence-electron chi connectivity index (χ0n) is 13.8. The first-order chi connectivity index (χ1) is 10.9. The first-order valence-electron chi connectivity index (χ1n) is 7.30. The van der Waals surface area contributed by atoms with Gasteiger partial charge in [-0.2, -0.15) is 0 Å². The summed E-state index contributed by atoms with van der Waals surface area (Å²) in [6.07, 6.45) is 0. The Kier molecular flexibility index (Phi) is 4.89.